The summed E-state index contributed by atoms with van der Waals surface area (Å²) in [6.07, 6.45) is -4.83. The Kier molecular flexibility index (Phi) is 6.03. The first-order valence-corrected chi connectivity index (χ1v) is 10.5. The lowest BCUT2D eigenvalue weighted by Crippen LogP contribution is -2.51. The Hall–Kier alpha value is -3.89. The van der Waals surface area contributed by atoms with E-state index in [4.69, 9.17) is 5.11 Å². The Morgan fingerprint density at radius 3 is 2.53 bits per heavy atom. The fourth-order valence-electron chi connectivity index (χ4n) is 4.24. The molecule has 3 amide bonds. The fourth-order valence-corrected chi connectivity index (χ4v) is 4.24. The lowest BCUT2D eigenvalue weighted by Gasteiger charge is -2.25. The average Bonchev–Trinajstić information content (AvgIpc) is 3.16. The molecule has 1 saturated heterocycles. The van der Waals surface area contributed by atoms with Crippen LogP contribution in [0.5, 0.6) is 0 Å². The molecular formula is C23H20F3N3O5. The van der Waals surface area contributed by atoms with E-state index in [1.807, 2.05) is 0 Å². The molecular weight excluding hydrogens is 455 g/mol. The molecule has 0 bridgehead atoms. The molecule has 34 heavy (non-hydrogen) atoms. The highest BCUT2D eigenvalue weighted by atomic mass is 19.4. The van der Waals surface area contributed by atoms with Gasteiger partial charge in [0.25, 0.3) is 5.91 Å². The van der Waals surface area contributed by atoms with Crippen molar-refractivity contribution in [2.45, 2.75) is 37.5 Å². The van der Waals surface area contributed by atoms with E-state index < -0.39 is 47.5 Å². The zero-order valence-corrected chi connectivity index (χ0v) is 17.7. The molecule has 0 spiro atoms. The molecule has 0 radical (unpaired) electrons. The molecule has 1 fully saturated rings. The molecule has 2 aliphatic rings. The quantitative estimate of drug-likeness (QED) is 0.615. The van der Waals surface area contributed by atoms with Gasteiger partial charge in [0, 0.05) is 13.0 Å². The number of carbonyl (C=O) groups excluding carboxylic acids is 3. The van der Waals surface area contributed by atoms with Crippen molar-refractivity contribution in [2.24, 2.45) is 0 Å². The number of benzene rings is 2. The Bertz CT molecular complexity index is 1180. The molecule has 2 atom stereocenters. The van der Waals surface area contributed by atoms with Crippen molar-refractivity contribution in [3.8, 4) is 11.1 Å². The van der Waals surface area contributed by atoms with Crippen LogP contribution in [0.4, 0.5) is 18.9 Å². The van der Waals surface area contributed by atoms with Gasteiger partial charge in [0.1, 0.15) is 6.04 Å². The summed E-state index contributed by atoms with van der Waals surface area (Å²) in [4.78, 5) is 50.3. The maximum absolute atomic E-state index is 13.3. The third-order valence-electron chi connectivity index (χ3n) is 5.87. The number of aliphatic carboxylic acids is 1. The van der Waals surface area contributed by atoms with Crippen LogP contribution in [0.1, 0.15) is 35.2 Å². The number of nitrogens with one attached hydrogen (secondary N) is 2. The number of fused-ring (bicyclic) bond motifs is 2. The minimum Gasteiger partial charge on any atom is -0.481 e. The number of nitrogens with zero attached hydrogens (tertiary/aromatic N) is 1. The maximum Gasteiger partial charge on any atom is 0.416 e. The van der Waals surface area contributed by atoms with E-state index >= 15 is 0 Å². The largest absolute Gasteiger partial charge is 0.481 e. The van der Waals surface area contributed by atoms with Crippen molar-refractivity contribution < 1.29 is 37.5 Å². The second kappa shape index (κ2) is 8.81. The summed E-state index contributed by atoms with van der Waals surface area (Å²) < 4.78 is 39.3. The van der Waals surface area contributed by atoms with Crippen molar-refractivity contribution in [3.63, 3.8) is 0 Å². The highest BCUT2D eigenvalue weighted by Gasteiger charge is 2.45. The molecule has 0 aromatic heterocycles. The minimum atomic E-state index is -4.52. The van der Waals surface area contributed by atoms with Crippen LogP contribution in [0.2, 0.25) is 0 Å². The van der Waals surface area contributed by atoms with E-state index in [-0.39, 0.29) is 36.2 Å². The van der Waals surface area contributed by atoms with Crippen LogP contribution in [0.3, 0.4) is 0 Å². The van der Waals surface area contributed by atoms with Crippen LogP contribution in [0.25, 0.3) is 11.1 Å². The van der Waals surface area contributed by atoms with Gasteiger partial charge in [-0.1, -0.05) is 18.2 Å². The first-order valence-electron chi connectivity index (χ1n) is 10.5. The molecule has 178 valence electrons. The lowest BCUT2D eigenvalue weighted by molar-refractivity contribution is -0.139. The summed E-state index contributed by atoms with van der Waals surface area (Å²) in [5, 5.41) is 14.0. The second-order valence-corrected chi connectivity index (χ2v) is 8.13. The number of anilines is 1. The molecule has 8 nitrogen and oxygen atoms in total. The third-order valence-corrected chi connectivity index (χ3v) is 5.87. The van der Waals surface area contributed by atoms with Gasteiger partial charge in [-0.05, 0) is 41.8 Å². The number of carboxylic acid groups (broad SMARTS) is 1. The van der Waals surface area contributed by atoms with Gasteiger partial charge in [-0.15, -0.1) is 0 Å². The van der Waals surface area contributed by atoms with Gasteiger partial charge in [0.15, 0.2) is 0 Å². The Balaban J connectivity index is 1.60. The second-order valence-electron chi connectivity index (χ2n) is 8.13. The summed E-state index contributed by atoms with van der Waals surface area (Å²) >= 11 is 0. The average molecular weight is 475 g/mol. The van der Waals surface area contributed by atoms with Gasteiger partial charge < -0.3 is 20.6 Å². The van der Waals surface area contributed by atoms with Crippen LogP contribution in [0, 0.1) is 0 Å². The molecule has 2 aliphatic heterocycles. The van der Waals surface area contributed by atoms with Gasteiger partial charge >= 0.3 is 12.1 Å². The Morgan fingerprint density at radius 1 is 1.09 bits per heavy atom. The summed E-state index contributed by atoms with van der Waals surface area (Å²) in [6.45, 7) is 0.175. The Morgan fingerprint density at radius 2 is 1.82 bits per heavy atom. The predicted octanol–water partition coefficient (Wildman–Crippen LogP) is 2.89. The molecule has 0 unspecified atom stereocenters. The van der Waals surface area contributed by atoms with Crippen molar-refractivity contribution in [2.75, 3.05) is 11.9 Å². The summed E-state index contributed by atoms with van der Waals surface area (Å²) in [7, 11) is 0. The van der Waals surface area contributed by atoms with Crippen LogP contribution >= 0.6 is 0 Å². The third kappa shape index (κ3) is 4.59. The van der Waals surface area contributed by atoms with Crippen molar-refractivity contribution in [3.05, 3.63) is 53.6 Å². The molecule has 4 rings (SSSR count). The van der Waals surface area contributed by atoms with Crippen molar-refractivity contribution in [1.82, 2.24) is 10.2 Å². The van der Waals surface area contributed by atoms with Gasteiger partial charge in [0.05, 0.1) is 29.3 Å². The predicted molar refractivity (Wildman–Crippen MR) is 114 cm³/mol. The van der Waals surface area contributed by atoms with E-state index in [2.05, 4.69) is 10.6 Å². The first-order chi connectivity index (χ1) is 16.0. The Labute approximate surface area is 191 Å². The normalized spacial score (nSPS) is 19.7. The van der Waals surface area contributed by atoms with Gasteiger partial charge in [-0.2, -0.15) is 13.2 Å². The van der Waals surface area contributed by atoms with Gasteiger partial charge in [-0.25, -0.2) is 0 Å². The number of rotatable bonds is 5. The van der Waals surface area contributed by atoms with Gasteiger partial charge in [0.2, 0.25) is 11.8 Å². The number of hydrogen-bond acceptors (Lipinski definition) is 4. The van der Waals surface area contributed by atoms with E-state index in [0.717, 1.165) is 12.1 Å². The molecule has 0 aliphatic carbocycles. The van der Waals surface area contributed by atoms with Crippen LogP contribution < -0.4 is 10.6 Å². The molecule has 0 saturated carbocycles. The molecule has 2 heterocycles. The highest BCUT2D eigenvalue weighted by Crippen LogP contribution is 2.35. The van der Waals surface area contributed by atoms with Crippen LogP contribution in [0.15, 0.2) is 42.5 Å². The number of halogens is 3. The topological polar surface area (TPSA) is 116 Å². The lowest BCUT2D eigenvalue weighted by atomic mass is 9.99. The van der Waals surface area contributed by atoms with E-state index in [1.54, 1.807) is 0 Å². The van der Waals surface area contributed by atoms with E-state index in [0.29, 0.717) is 12.0 Å². The fraction of sp³-hybridized carbons (Fsp3) is 0.304. The molecule has 2 aromatic carbocycles. The number of carboxylic acids is 1. The molecule has 3 N–H and O–H groups in total. The van der Waals surface area contributed by atoms with E-state index in [1.165, 1.54) is 35.2 Å². The van der Waals surface area contributed by atoms with Gasteiger partial charge in [-0.3, -0.25) is 19.2 Å². The maximum atomic E-state index is 13.3. The van der Waals surface area contributed by atoms with Crippen LogP contribution in [-0.4, -0.2) is 52.3 Å². The number of alkyl halides is 3. The van der Waals surface area contributed by atoms with Crippen LogP contribution in [-0.2, 0) is 20.6 Å². The first kappa shape index (κ1) is 23.3. The number of carbonyl (C=O) groups is 4. The van der Waals surface area contributed by atoms with Crippen molar-refractivity contribution in [1.29, 1.82) is 0 Å². The highest BCUT2D eigenvalue weighted by molar-refractivity contribution is 6.11. The number of amides is 3. The summed E-state index contributed by atoms with van der Waals surface area (Å²) in [5.41, 5.74) is 0.173. The number of hydrogen-bond donors (Lipinski definition) is 3. The summed E-state index contributed by atoms with van der Waals surface area (Å²) in [5.74, 6) is -2.67. The summed E-state index contributed by atoms with van der Waals surface area (Å²) in [6, 6.07) is 7.45. The smallest absolute Gasteiger partial charge is 0.416 e. The standard InChI is InChI=1S/C23H20F3N3O5/c24-23(25,26)14-3-1-2-12(10-14)13-4-5-16-15(11-13)22(34)29-9-8-17(20(29)21(33)28-16)27-18(30)6-7-19(31)32/h1-5,10-11,17,20H,6-9H2,(H,27,30)(H,28,33)(H,31,32)/t17-,20-/m0/s1. The monoisotopic (exact) mass is 475 g/mol. The molecule has 2 aromatic rings. The molecule has 11 heteroatoms. The SMILES string of the molecule is O=C(O)CCC(=O)N[C@H]1CCN2C(=O)c3cc(-c4cccc(C(F)(F)F)c4)ccc3NC(=O)[C@H]12. The minimum absolute atomic E-state index is 0.128. The van der Waals surface area contributed by atoms with Crippen molar-refractivity contribution >= 4 is 29.4 Å². The zero-order chi connectivity index (χ0) is 24.6. The van der Waals surface area contributed by atoms with E-state index in [9.17, 15) is 32.3 Å². The zero-order valence-electron chi connectivity index (χ0n) is 17.7.